The summed E-state index contributed by atoms with van der Waals surface area (Å²) in [7, 11) is 0. The number of aromatic nitrogens is 2. The Labute approximate surface area is 190 Å². The Balaban J connectivity index is 1.58. The SMILES string of the molecule is Cc1cc(C)cc(NC(=O)CSc2ncc(CO)n2CC(=O)NCc2ccc(F)cc2)c1. The second-order valence-electron chi connectivity index (χ2n) is 7.39. The number of thioether (sulfide) groups is 1. The number of hydrogen-bond donors (Lipinski definition) is 3. The third-order valence-electron chi connectivity index (χ3n) is 4.61. The fourth-order valence-electron chi connectivity index (χ4n) is 3.18. The molecule has 0 fully saturated rings. The van der Waals surface area contributed by atoms with Crippen LogP contribution >= 0.6 is 11.8 Å². The van der Waals surface area contributed by atoms with Crippen molar-refractivity contribution >= 4 is 29.3 Å². The van der Waals surface area contributed by atoms with E-state index in [9.17, 15) is 19.1 Å². The standard InChI is InChI=1S/C23H25FN4O3S/c1-15-7-16(2)9-19(8-15)27-22(31)14-32-23-26-11-20(13-29)28(23)12-21(30)25-10-17-3-5-18(24)6-4-17/h3-9,11,29H,10,12-14H2,1-2H3,(H,25,30)(H,27,31). The molecule has 0 saturated heterocycles. The van der Waals surface area contributed by atoms with Crippen LogP contribution in [0.5, 0.6) is 0 Å². The molecule has 7 nitrogen and oxygen atoms in total. The topological polar surface area (TPSA) is 96.2 Å². The average Bonchev–Trinajstić information content (AvgIpc) is 3.12. The molecule has 0 bridgehead atoms. The Kier molecular flexibility index (Phi) is 8.02. The highest BCUT2D eigenvalue weighted by Gasteiger charge is 2.15. The van der Waals surface area contributed by atoms with Gasteiger partial charge in [-0.1, -0.05) is 30.0 Å². The summed E-state index contributed by atoms with van der Waals surface area (Å²) in [5, 5.41) is 15.7. The number of benzene rings is 2. The highest BCUT2D eigenvalue weighted by atomic mass is 32.2. The minimum Gasteiger partial charge on any atom is -0.390 e. The van der Waals surface area contributed by atoms with Crippen molar-refractivity contribution in [3.05, 3.63) is 76.9 Å². The summed E-state index contributed by atoms with van der Waals surface area (Å²) < 4.78 is 14.6. The Hall–Kier alpha value is -3.17. The quantitative estimate of drug-likeness (QED) is 0.430. The largest absolute Gasteiger partial charge is 0.390 e. The maximum Gasteiger partial charge on any atom is 0.240 e. The normalized spacial score (nSPS) is 10.8. The fourth-order valence-corrected chi connectivity index (χ4v) is 3.98. The lowest BCUT2D eigenvalue weighted by atomic mass is 10.1. The highest BCUT2D eigenvalue weighted by Crippen LogP contribution is 2.20. The molecule has 2 amide bonds. The van der Waals surface area contributed by atoms with E-state index in [0.29, 0.717) is 10.9 Å². The molecule has 3 N–H and O–H groups in total. The Bertz CT molecular complexity index is 1080. The van der Waals surface area contributed by atoms with E-state index in [4.69, 9.17) is 0 Å². The lowest BCUT2D eigenvalue weighted by Gasteiger charge is -2.12. The van der Waals surface area contributed by atoms with E-state index in [1.807, 2.05) is 32.0 Å². The van der Waals surface area contributed by atoms with E-state index in [0.717, 1.165) is 22.4 Å². The monoisotopic (exact) mass is 456 g/mol. The summed E-state index contributed by atoms with van der Waals surface area (Å²) in [5.74, 6) is -0.717. The van der Waals surface area contributed by atoms with Gasteiger partial charge in [0.25, 0.3) is 0 Å². The van der Waals surface area contributed by atoms with Gasteiger partial charge in [0.15, 0.2) is 5.16 Å². The first-order chi connectivity index (χ1) is 15.3. The molecule has 1 aromatic heterocycles. The molecule has 9 heteroatoms. The minimum absolute atomic E-state index is 0.0574. The van der Waals surface area contributed by atoms with E-state index in [2.05, 4.69) is 15.6 Å². The summed E-state index contributed by atoms with van der Waals surface area (Å²) in [6.07, 6.45) is 1.48. The molecule has 2 aromatic carbocycles. The number of amides is 2. The van der Waals surface area contributed by atoms with Crippen molar-refractivity contribution in [3.63, 3.8) is 0 Å². The molecule has 3 aromatic rings. The molecule has 0 spiro atoms. The van der Waals surface area contributed by atoms with E-state index >= 15 is 0 Å². The van der Waals surface area contributed by atoms with Crippen LogP contribution in [0.25, 0.3) is 0 Å². The number of aliphatic hydroxyl groups excluding tert-OH is 1. The van der Waals surface area contributed by atoms with Gasteiger partial charge in [0, 0.05) is 12.2 Å². The predicted octanol–water partition coefficient (Wildman–Crippen LogP) is 3.18. The van der Waals surface area contributed by atoms with Gasteiger partial charge in [-0.3, -0.25) is 9.59 Å². The number of aliphatic hydroxyl groups is 1. The zero-order chi connectivity index (χ0) is 23.1. The number of carbonyl (C=O) groups is 2. The highest BCUT2D eigenvalue weighted by molar-refractivity contribution is 7.99. The van der Waals surface area contributed by atoms with Gasteiger partial charge in [-0.05, 0) is 54.8 Å². The molecule has 0 aliphatic carbocycles. The van der Waals surface area contributed by atoms with Gasteiger partial charge in [0.1, 0.15) is 12.4 Å². The number of halogens is 1. The van der Waals surface area contributed by atoms with Crippen LogP contribution in [0, 0.1) is 19.7 Å². The number of rotatable bonds is 9. The maximum absolute atomic E-state index is 13.0. The number of aryl methyl sites for hydroxylation is 2. The van der Waals surface area contributed by atoms with Crippen molar-refractivity contribution in [1.82, 2.24) is 14.9 Å². The summed E-state index contributed by atoms with van der Waals surface area (Å²) >= 11 is 1.18. The van der Waals surface area contributed by atoms with Crippen LogP contribution < -0.4 is 10.6 Å². The van der Waals surface area contributed by atoms with Gasteiger partial charge in [0.05, 0.1) is 24.3 Å². The molecule has 1 heterocycles. The molecule has 0 unspecified atom stereocenters. The smallest absolute Gasteiger partial charge is 0.240 e. The van der Waals surface area contributed by atoms with E-state index in [-0.39, 0.29) is 43.1 Å². The molecule has 0 radical (unpaired) electrons. The van der Waals surface area contributed by atoms with Gasteiger partial charge < -0.3 is 20.3 Å². The third-order valence-corrected chi connectivity index (χ3v) is 5.60. The molecule has 32 heavy (non-hydrogen) atoms. The molecule has 3 rings (SSSR count). The van der Waals surface area contributed by atoms with E-state index < -0.39 is 0 Å². The van der Waals surface area contributed by atoms with E-state index in [1.54, 1.807) is 16.7 Å². The molecule has 0 atom stereocenters. The second-order valence-corrected chi connectivity index (χ2v) is 8.34. The molecular weight excluding hydrogens is 431 g/mol. The van der Waals surface area contributed by atoms with Crippen molar-refractivity contribution in [3.8, 4) is 0 Å². The first-order valence-corrected chi connectivity index (χ1v) is 11.0. The van der Waals surface area contributed by atoms with Crippen LogP contribution in [0.2, 0.25) is 0 Å². The average molecular weight is 457 g/mol. The van der Waals surface area contributed by atoms with Gasteiger partial charge in [0.2, 0.25) is 11.8 Å². The van der Waals surface area contributed by atoms with Crippen LogP contribution in [0.1, 0.15) is 22.4 Å². The van der Waals surface area contributed by atoms with Gasteiger partial charge in [-0.2, -0.15) is 0 Å². The van der Waals surface area contributed by atoms with Crippen molar-refractivity contribution in [2.45, 2.75) is 38.7 Å². The summed E-state index contributed by atoms with van der Waals surface area (Å²) in [6.45, 7) is 3.84. The van der Waals surface area contributed by atoms with Crippen molar-refractivity contribution in [2.24, 2.45) is 0 Å². The number of anilines is 1. The third kappa shape index (κ3) is 6.66. The Morgan fingerprint density at radius 1 is 1.09 bits per heavy atom. The van der Waals surface area contributed by atoms with Crippen molar-refractivity contribution < 1.29 is 19.1 Å². The number of carbonyl (C=O) groups excluding carboxylic acids is 2. The number of imidazole rings is 1. The second kappa shape index (κ2) is 10.9. The molecule has 168 valence electrons. The van der Waals surface area contributed by atoms with Crippen LogP contribution in [0.15, 0.2) is 53.8 Å². The fraction of sp³-hybridized carbons (Fsp3) is 0.261. The number of nitrogens with zero attached hydrogens (tertiary/aromatic N) is 2. The van der Waals surface area contributed by atoms with Gasteiger partial charge in [-0.25, -0.2) is 9.37 Å². The molecular formula is C23H25FN4O3S. The minimum atomic E-state index is -0.339. The predicted molar refractivity (Wildman–Crippen MR) is 122 cm³/mol. The van der Waals surface area contributed by atoms with Crippen LogP contribution in [0.3, 0.4) is 0 Å². The Morgan fingerprint density at radius 2 is 1.78 bits per heavy atom. The van der Waals surface area contributed by atoms with E-state index in [1.165, 1.54) is 30.1 Å². The van der Waals surface area contributed by atoms with Gasteiger partial charge in [-0.15, -0.1) is 0 Å². The molecule has 0 aliphatic rings. The zero-order valence-corrected chi connectivity index (χ0v) is 18.7. The van der Waals surface area contributed by atoms with Crippen LogP contribution in [-0.4, -0.2) is 32.2 Å². The van der Waals surface area contributed by atoms with Crippen molar-refractivity contribution in [1.29, 1.82) is 0 Å². The zero-order valence-electron chi connectivity index (χ0n) is 17.9. The number of nitrogens with one attached hydrogen (secondary N) is 2. The molecule has 0 saturated carbocycles. The molecule has 0 aliphatic heterocycles. The van der Waals surface area contributed by atoms with Crippen molar-refractivity contribution in [2.75, 3.05) is 11.1 Å². The van der Waals surface area contributed by atoms with Gasteiger partial charge >= 0.3 is 0 Å². The number of hydrogen-bond acceptors (Lipinski definition) is 5. The summed E-state index contributed by atoms with van der Waals surface area (Å²) in [4.78, 5) is 29.0. The first-order valence-electron chi connectivity index (χ1n) is 10.0. The Morgan fingerprint density at radius 3 is 2.44 bits per heavy atom. The summed E-state index contributed by atoms with van der Waals surface area (Å²) in [6, 6.07) is 11.7. The lowest BCUT2D eigenvalue weighted by Crippen LogP contribution is -2.28. The van der Waals surface area contributed by atoms with Crippen LogP contribution in [0.4, 0.5) is 10.1 Å². The lowest BCUT2D eigenvalue weighted by molar-refractivity contribution is -0.122. The maximum atomic E-state index is 13.0. The summed E-state index contributed by atoms with van der Waals surface area (Å²) in [5.41, 5.74) is 4.09. The van der Waals surface area contributed by atoms with Crippen LogP contribution in [-0.2, 0) is 29.3 Å². The first kappa shape index (κ1) is 23.5.